The van der Waals surface area contributed by atoms with Crippen molar-refractivity contribution in [3.8, 4) is 6.07 Å². The number of nitriles is 1. The van der Waals surface area contributed by atoms with E-state index in [4.69, 9.17) is 5.26 Å². The van der Waals surface area contributed by atoms with E-state index in [2.05, 4.69) is 11.4 Å². The number of carbonyl (C=O) groups excluding carboxylic acids is 1. The summed E-state index contributed by atoms with van der Waals surface area (Å²) < 4.78 is 0. The van der Waals surface area contributed by atoms with Gasteiger partial charge in [0.25, 0.3) is 0 Å². The van der Waals surface area contributed by atoms with Crippen LogP contribution in [0, 0.1) is 25.2 Å². The summed E-state index contributed by atoms with van der Waals surface area (Å²) in [4.78, 5) is 10.2. The van der Waals surface area contributed by atoms with E-state index >= 15 is 0 Å². The third-order valence-corrected chi connectivity index (χ3v) is 1.91. The Hall–Kier alpha value is -1.82. The van der Waals surface area contributed by atoms with Crippen molar-refractivity contribution in [2.45, 2.75) is 13.8 Å². The standard InChI is InChI=1S/C10H10N2O/c1-7-3-8(2)10(12-6-13)4-9(7)5-11/h3-4,6H,1-2H3,(H,12,13). The Kier molecular flexibility index (Phi) is 2.65. The van der Waals surface area contributed by atoms with Crippen molar-refractivity contribution in [1.29, 1.82) is 5.26 Å². The first-order chi connectivity index (χ1) is 6.19. The predicted octanol–water partition coefficient (Wildman–Crippen LogP) is 1.74. The van der Waals surface area contributed by atoms with Crippen LogP contribution in [0.1, 0.15) is 16.7 Å². The zero-order valence-electron chi connectivity index (χ0n) is 7.59. The quantitative estimate of drug-likeness (QED) is 0.694. The summed E-state index contributed by atoms with van der Waals surface area (Å²) >= 11 is 0. The van der Waals surface area contributed by atoms with Crippen LogP contribution in [0.15, 0.2) is 12.1 Å². The number of nitrogens with zero attached hydrogens (tertiary/aromatic N) is 1. The molecule has 3 heteroatoms. The van der Waals surface area contributed by atoms with Gasteiger partial charge in [0.2, 0.25) is 6.41 Å². The number of aryl methyl sites for hydroxylation is 2. The van der Waals surface area contributed by atoms with Gasteiger partial charge >= 0.3 is 0 Å². The normalized spacial score (nSPS) is 9.00. The van der Waals surface area contributed by atoms with Gasteiger partial charge in [0.1, 0.15) is 0 Å². The largest absolute Gasteiger partial charge is 0.328 e. The summed E-state index contributed by atoms with van der Waals surface area (Å²) in [5.74, 6) is 0. The molecule has 0 unspecified atom stereocenters. The molecule has 13 heavy (non-hydrogen) atoms. The smallest absolute Gasteiger partial charge is 0.211 e. The van der Waals surface area contributed by atoms with E-state index in [1.807, 2.05) is 19.9 Å². The minimum absolute atomic E-state index is 0.593. The van der Waals surface area contributed by atoms with E-state index in [9.17, 15) is 4.79 Å². The minimum atomic E-state index is 0.593. The van der Waals surface area contributed by atoms with Crippen LogP contribution in [0.3, 0.4) is 0 Å². The van der Waals surface area contributed by atoms with E-state index < -0.39 is 0 Å². The molecule has 0 atom stereocenters. The van der Waals surface area contributed by atoms with Gasteiger partial charge in [-0.25, -0.2) is 0 Å². The lowest BCUT2D eigenvalue weighted by Gasteiger charge is -2.06. The van der Waals surface area contributed by atoms with Crippen molar-refractivity contribution >= 4 is 12.1 Å². The molecule has 0 aliphatic carbocycles. The van der Waals surface area contributed by atoms with Crippen LogP contribution in [0.2, 0.25) is 0 Å². The highest BCUT2D eigenvalue weighted by Gasteiger charge is 2.02. The molecule has 1 N–H and O–H groups in total. The predicted molar refractivity (Wildman–Crippen MR) is 50.3 cm³/mol. The number of amides is 1. The number of carbonyl (C=O) groups is 1. The number of hydrogen-bond donors (Lipinski definition) is 1. The van der Waals surface area contributed by atoms with Crippen LogP contribution < -0.4 is 5.32 Å². The highest BCUT2D eigenvalue weighted by molar-refractivity contribution is 5.74. The molecule has 0 fully saturated rings. The molecule has 0 aromatic heterocycles. The fourth-order valence-electron chi connectivity index (χ4n) is 1.19. The van der Waals surface area contributed by atoms with Gasteiger partial charge in [-0.05, 0) is 31.0 Å². The average molecular weight is 174 g/mol. The molecule has 0 spiro atoms. The molecule has 0 bridgehead atoms. The van der Waals surface area contributed by atoms with Gasteiger partial charge in [-0.3, -0.25) is 4.79 Å². The van der Waals surface area contributed by atoms with E-state index in [0.29, 0.717) is 17.7 Å². The van der Waals surface area contributed by atoms with E-state index in [-0.39, 0.29) is 0 Å². The molecule has 0 aliphatic rings. The number of anilines is 1. The molecule has 0 saturated heterocycles. The van der Waals surface area contributed by atoms with Gasteiger partial charge in [-0.1, -0.05) is 6.07 Å². The van der Waals surface area contributed by atoms with Crippen LogP contribution >= 0.6 is 0 Å². The zero-order chi connectivity index (χ0) is 9.84. The van der Waals surface area contributed by atoms with Crippen LogP contribution in [-0.4, -0.2) is 6.41 Å². The maximum absolute atomic E-state index is 10.2. The Balaban J connectivity index is 3.23. The summed E-state index contributed by atoms with van der Waals surface area (Å²) in [5, 5.41) is 11.3. The second-order valence-corrected chi connectivity index (χ2v) is 2.86. The van der Waals surface area contributed by atoms with Crippen molar-refractivity contribution in [3.05, 3.63) is 28.8 Å². The van der Waals surface area contributed by atoms with E-state index in [1.54, 1.807) is 6.07 Å². The van der Waals surface area contributed by atoms with Gasteiger partial charge in [-0.15, -0.1) is 0 Å². The third kappa shape index (κ3) is 1.85. The Morgan fingerprint density at radius 3 is 2.62 bits per heavy atom. The summed E-state index contributed by atoms with van der Waals surface area (Å²) in [6.07, 6.45) is 0.610. The van der Waals surface area contributed by atoms with Gasteiger partial charge in [-0.2, -0.15) is 5.26 Å². The molecular weight excluding hydrogens is 164 g/mol. The topological polar surface area (TPSA) is 52.9 Å². The van der Waals surface area contributed by atoms with Crippen LogP contribution in [-0.2, 0) is 4.79 Å². The van der Waals surface area contributed by atoms with Gasteiger partial charge < -0.3 is 5.32 Å². The van der Waals surface area contributed by atoms with E-state index in [1.165, 1.54) is 0 Å². The van der Waals surface area contributed by atoms with Crippen molar-refractivity contribution < 1.29 is 4.79 Å². The van der Waals surface area contributed by atoms with Crippen LogP contribution in [0.25, 0.3) is 0 Å². The maximum Gasteiger partial charge on any atom is 0.211 e. The molecule has 0 radical (unpaired) electrons. The first-order valence-corrected chi connectivity index (χ1v) is 3.90. The monoisotopic (exact) mass is 174 g/mol. The van der Waals surface area contributed by atoms with Crippen molar-refractivity contribution in [2.24, 2.45) is 0 Å². The highest BCUT2D eigenvalue weighted by Crippen LogP contribution is 2.19. The molecule has 1 rings (SSSR count). The average Bonchev–Trinajstić information content (AvgIpc) is 2.10. The highest BCUT2D eigenvalue weighted by atomic mass is 16.1. The van der Waals surface area contributed by atoms with Gasteiger partial charge in [0.05, 0.1) is 11.6 Å². The van der Waals surface area contributed by atoms with Crippen molar-refractivity contribution in [2.75, 3.05) is 5.32 Å². The van der Waals surface area contributed by atoms with Crippen LogP contribution in [0.4, 0.5) is 5.69 Å². The lowest BCUT2D eigenvalue weighted by atomic mass is 10.0. The Morgan fingerprint density at radius 2 is 2.08 bits per heavy atom. The SMILES string of the molecule is Cc1cc(C)c(NC=O)cc1C#N. The molecule has 1 amide bonds. The molecule has 0 aliphatic heterocycles. The summed E-state index contributed by atoms with van der Waals surface area (Å²) in [5.41, 5.74) is 3.17. The fourth-order valence-corrected chi connectivity index (χ4v) is 1.19. The summed E-state index contributed by atoms with van der Waals surface area (Å²) in [6, 6.07) is 5.62. The summed E-state index contributed by atoms with van der Waals surface area (Å²) in [7, 11) is 0. The second-order valence-electron chi connectivity index (χ2n) is 2.86. The Morgan fingerprint density at radius 1 is 1.38 bits per heavy atom. The fraction of sp³-hybridized carbons (Fsp3) is 0.200. The Bertz CT molecular complexity index is 377. The molecule has 3 nitrogen and oxygen atoms in total. The molecule has 1 aromatic rings. The summed E-state index contributed by atoms with van der Waals surface area (Å²) in [6.45, 7) is 3.76. The molecule has 0 saturated carbocycles. The lowest BCUT2D eigenvalue weighted by molar-refractivity contribution is -0.105. The minimum Gasteiger partial charge on any atom is -0.328 e. The molecule has 66 valence electrons. The first-order valence-electron chi connectivity index (χ1n) is 3.90. The second kappa shape index (κ2) is 3.72. The van der Waals surface area contributed by atoms with Crippen molar-refractivity contribution in [1.82, 2.24) is 0 Å². The molecular formula is C10H10N2O. The van der Waals surface area contributed by atoms with Crippen molar-refractivity contribution in [3.63, 3.8) is 0 Å². The maximum atomic E-state index is 10.2. The lowest BCUT2D eigenvalue weighted by Crippen LogP contribution is -1.98. The third-order valence-electron chi connectivity index (χ3n) is 1.91. The number of rotatable bonds is 2. The first kappa shape index (κ1) is 9.27. The van der Waals surface area contributed by atoms with Gasteiger partial charge in [0, 0.05) is 5.69 Å². The molecule has 1 aromatic carbocycles. The zero-order valence-corrected chi connectivity index (χ0v) is 7.59. The number of benzene rings is 1. The van der Waals surface area contributed by atoms with Gasteiger partial charge in [0.15, 0.2) is 0 Å². The van der Waals surface area contributed by atoms with Crippen LogP contribution in [0.5, 0.6) is 0 Å². The van der Waals surface area contributed by atoms with E-state index in [0.717, 1.165) is 11.1 Å². The molecule has 0 heterocycles. The number of nitrogens with one attached hydrogen (secondary N) is 1. The number of hydrogen-bond acceptors (Lipinski definition) is 2. The Labute approximate surface area is 77.0 Å².